The molecule has 1 rings (SSSR count). The largest absolute Gasteiger partial charge is 0.504 e. The van der Waals surface area contributed by atoms with Crippen molar-refractivity contribution in [1.82, 2.24) is 9.88 Å². The molecular weight excluding hydrogens is 258 g/mol. The molecule has 1 heterocycles. The second kappa shape index (κ2) is 9.89. The number of anilines is 1. The maximum atomic E-state index is 10.1. The summed E-state index contributed by atoms with van der Waals surface area (Å²) in [6, 6.07) is 1.76. The molecule has 0 fully saturated rings. The number of rotatable bonds is 5. The van der Waals surface area contributed by atoms with Gasteiger partial charge in [0.25, 0.3) is 0 Å². The molecule has 6 heteroatoms. The Kier molecular flexibility index (Phi) is 8.91. The summed E-state index contributed by atoms with van der Waals surface area (Å²) in [6.45, 7) is 9.88. The van der Waals surface area contributed by atoms with Gasteiger partial charge in [-0.05, 0) is 25.8 Å². The van der Waals surface area contributed by atoms with Crippen LogP contribution in [0.3, 0.4) is 0 Å². The van der Waals surface area contributed by atoms with Gasteiger partial charge in [-0.2, -0.15) is 0 Å². The lowest BCUT2D eigenvalue weighted by molar-refractivity contribution is 0.150. The summed E-state index contributed by atoms with van der Waals surface area (Å²) in [5, 5.41) is 20.7. The van der Waals surface area contributed by atoms with Gasteiger partial charge >= 0.3 is 6.09 Å². The molecule has 114 valence electrons. The number of hydrogen-bond acceptors (Lipinski definition) is 4. The fraction of sp³-hybridized carbons (Fsp3) is 0.571. The Morgan fingerprint density at radius 3 is 2.35 bits per heavy atom. The van der Waals surface area contributed by atoms with Crippen LogP contribution in [0.25, 0.3) is 0 Å². The summed E-state index contributed by atoms with van der Waals surface area (Å²) in [5.41, 5.74) is 0.749. The molecule has 0 aromatic carbocycles. The zero-order valence-electron chi connectivity index (χ0n) is 12.6. The molecule has 3 N–H and O–H groups in total. The second-order valence-electron chi connectivity index (χ2n) is 4.62. The maximum Gasteiger partial charge on any atom is 0.407 e. The van der Waals surface area contributed by atoms with E-state index in [1.165, 1.54) is 11.1 Å². The number of carbonyl (C=O) groups is 1. The molecule has 0 spiro atoms. The van der Waals surface area contributed by atoms with Gasteiger partial charge in [-0.3, -0.25) is 4.98 Å². The van der Waals surface area contributed by atoms with Crippen LogP contribution >= 0.6 is 0 Å². The van der Waals surface area contributed by atoms with Gasteiger partial charge in [-0.1, -0.05) is 13.8 Å². The van der Waals surface area contributed by atoms with E-state index in [1.807, 2.05) is 13.8 Å². The number of nitrogens with one attached hydrogen (secondary N) is 1. The molecule has 0 radical (unpaired) electrons. The van der Waals surface area contributed by atoms with Crippen molar-refractivity contribution in [3.05, 3.63) is 18.5 Å². The average Bonchev–Trinajstić information content (AvgIpc) is 2.39. The Morgan fingerprint density at radius 1 is 1.40 bits per heavy atom. The van der Waals surface area contributed by atoms with E-state index in [4.69, 9.17) is 5.11 Å². The van der Waals surface area contributed by atoms with Crippen molar-refractivity contribution in [3.8, 4) is 5.75 Å². The minimum Gasteiger partial charge on any atom is -0.504 e. The first kappa shape index (κ1) is 18.0. The van der Waals surface area contributed by atoms with Crippen molar-refractivity contribution < 1.29 is 15.0 Å². The molecular formula is C14H25N3O3. The molecule has 0 aliphatic carbocycles. The Hall–Kier alpha value is -1.98. The average molecular weight is 283 g/mol. The van der Waals surface area contributed by atoms with Crippen molar-refractivity contribution in [2.24, 2.45) is 5.92 Å². The lowest BCUT2D eigenvalue weighted by Gasteiger charge is -2.12. The van der Waals surface area contributed by atoms with Crippen molar-refractivity contribution in [3.63, 3.8) is 0 Å². The summed E-state index contributed by atoms with van der Waals surface area (Å²) < 4.78 is 0. The van der Waals surface area contributed by atoms with Crippen LogP contribution in [0.1, 0.15) is 27.7 Å². The van der Waals surface area contributed by atoms with Crippen LogP contribution in [0, 0.1) is 5.92 Å². The Morgan fingerprint density at radius 2 is 2.00 bits per heavy atom. The molecule has 0 unspecified atom stereocenters. The molecule has 0 aliphatic heterocycles. The molecule has 0 saturated carbocycles. The van der Waals surface area contributed by atoms with Crippen LogP contribution in [-0.4, -0.2) is 45.8 Å². The van der Waals surface area contributed by atoms with Crippen molar-refractivity contribution in [2.75, 3.05) is 25.0 Å². The third-order valence-electron chi connectivity index (χ3n) is 2.53. The lowest BCUT2D eigenvalue weighted by atomic mass is 10.2. The molecule has 1 aromatic rings. The smallest absolute Gasteiger partial charge is 0.407 e. The van der Waals surface area contributed by atoms with Crippen LogP contribution in [0.15, 0.2) is 18.5 Å². The monoisotopic (exact) mass is 283 g/mol. The Labute approximate surface area is 120 Å². The molecule has 0 saturated heterocycles. The second-order valence-corrected chi connectivity index (χ2v) is 4.62. The Bertz CT molecular complexity index is 393. The fourth-order valence-corrected chi connectivity index (χ4v) is 1.34. The third kappa shape index (κ3) is 7.45. The number of aromatic nitrogens is 1. The number of amides is 1. The summed E-state index contributed by atoms with van der Waals surface area (Å²) in [5.74, 6) is 0.774. The number of hydrogen-bond donors (Lipinski definition) is 3. The van der Waals surface area contributed by atoms with Crippen LogP contribution in [-0.2, 0) is 0 Å². The van der Waals surface area contributed by atoms with E-state index in [2.05, 4.69) is 24.1 Å². The van der Waals surface area contributed by atoms with Gasteiger partial charge in [0, 0.05) is 25.8 Å². The Balaban J connectivity index is 0.000000396. The van der Waals surface area contributed by atoms with Gasteiger partial charge in [0.1, 0.15) is 0 Å². The molecule has 0 bridgehead atoms. The van der Waals surface area contributed by atoms with E-state index in [9.17, 15) is 9.90 Å². The lowest BCUT2D eigenvalue weighted by Crippen LogP contribution is -2.28. The molecule has 6 nitrogen and oxygen atoms in total. The maximum absolute atomic E-state index is 10.1. The van der Waals surface area contributed by atoms with Gasteiger partial charge < -0.3 is 20.4 Å². The van der Waals surface area contributed by atoms with E-state index in [-0.39, 0.29) is 5.75 Å². The highest BCUT2D eigenvalue weighted by Crippen LogP contribution is 2.19. The van der Waals surface area contributed by atoms with Gasteiger partial charge in [-0.15, -0.1) is 0 Å². The topological polar surface area (TPSA) is 85.7 Å². The van der Waals surface area contributed by atoms with Crippen LogP contribution < -0.4 is 5.32 Å². The first-order valence-electron chi connectivity index (χ1n) is 6.77. The highest BCUT2D eigenvalue weighted by atomic mass is 16.4. The SMILES string of the molecule is CC(C)CNc1ccncc1O.CCN(CC)C(=O)O. The quantitative estimate of drug-likeness (QED) is 0.773. The van der Waals surface area contributed by atoms with Crippen LogP contribution in [0.5, 0.6) is 5.75 Å². The van der Waals surface area contributed by atoms with Crippen molar-refractivity contribution in [1.29, 1.82) is 0 Å². The minimum absolute atomic E-state index is 0.207. The fourth-order valence-electron chi connectivity index (χ4n) is 1.34. The summed E-state index contributed by atoms with van der Waals surface area (Å²) in [4.78, 5) is 15.2. The number of carboxylic acid groups (broad SMARTS) is 1. The van der Waals surface area contributed by atoms with E-state index in [0.717, 1.165) is 12.2 Å². The van der Waals surface area contributed by atoms with E-state index < -0.39 is 6.09 Å². The third-order valence-corrected chi connectivity index (χ3v) is 2.53. The first-order chi connectivity index (χ1) is 9.42. The van der Waals surface area contributed by atoms with Crippen molar-refractivity contribution in [2.45, 2.75) is 27.7 Å². The predicted molar refractivity (Wildman–Crippen MR) is 80.2 cm³/mol. The van der Waals surface area contributed by atoms with E-state index >= 15 is 0 Å². The van der Waals surface area contributed by atoms with E-state index in [0.29, 0.717) is 19.0 Å². The first-order valence-corrected chi connectivity index (χ1v) is 6.77. The van der Waals surface area contributed by atoms with E-state index in [1.54, 1.807) is 12.3 Å². The minimum atomic E-state index is -0.838. The van der Waals surface area contributed by atoms with Crippen molar-refractivity contribution >= 4 is 11.8 Å². The standard InChI is InChI=1S/C9H14N2O.C5H11NO2/c1-7(2)5-11-8-3-4-10-6-9(8)12;1-3-6(4-2)5(7)8/h3-4,6-7,12H,5H2,1-2H3,(H,10,11);3-4H2,1-2H3,(H,7,8). The van der Waals surface area contributed by atoms with Crippen LogP contribution in [0.4, 0.5) is 10.5 Å². The van der Waals surface area contributed by atoms with Gasteiger partial charge in [-0.25, -0.2) is 4.79 Å². The number of aromatic hydroxyl groups is 1. The summed E-state index contributed by atoms with van der Waals surface area (Å²) in [7, 11) is 0. The van der Waals surface area contributed by atoms with Gasteiger partial charge in [0.15, 0.2) is 5.75 Å². The molecule has 20 heavy (non-hydrogen) atoms. The highest BCUT2D eigenvalue weighted by molar-refractivity contribution is 5.64. The zero-order valence-corrected chi connectivity index (χ0v) is 12.6. The summed E-state index contributed by atoms with van der Waals surface area (Å²) in [6.07, 6.45) is 2.25. The molecule has 0 aliphatic rings. The highest BCUT2D eigenvalue weighted by Gasteiger charge is 2.03. The molecule has 1 amide bonds. The molecule has 1 aromatic heterocycles. The predicted octanol–water partition coefficient (Wildman–Crippen LogP) is 2.86. The normalized spacial score (nSPS) is 9.65. The van der Waals surface area contributed by atoms with Crippen LogP contribution in [0.2, 0.25) is 0 Å². The molecule has 0 atom stereocenters. The van der Waals surface area contributed by atoms with Gasteiger partial charge in [0.2, 0.25) is 0 Å². The zero-order chi connectivity index (χ0) is 15.5. The van der Waals surface area contributed by atoms with Gasteiger partial charge in [0.05, 0.1) is 11.9 Å². The number of nitrogens with zero attached hydrogens (tertiary/aromatic N) is 2. The number of pyridine rings is 1. The summed E-state index contributed by atoms with van der Waals surface area (Å²) >= 11 is 0.